The molecule has 0 aliphatic heterocycles. The maximum Gasteiger partial charge on any atom is 0.326 e. The number of benzene rings is 1. The van der Waals surface area contributed by atoms with E-state index in [0.717, 1.165) is 0 Å². The lowest BCUT2D eigenvalue weighted by atomic mass is 10.1. The maximum atomic E-state index is 12.1. The summed E-state index contributed by atoms with van der Waals surface area (Å²) in [6, 6.07) is 3.55. The third-order valence-electron chi connectivity index (χ3n) is 2.67. The highest BCUT2D eigenvalue weighted by Gasteiger charge is 2.23. The fourth-order valence-corrected chi connectivity index (χ4v) is 1.69. The molecule has 1 aromatic rings. The minimum Gasteiger partial charge on any atom is -0.493 e. The number of carbonyl (C=O) groups is 2. The fraction of sp³-hybridized carbons (Fsp3) is 0.385. The summed E-state index contributed by atoms with van der Waals surface area (Å²) in [5, 5.41) is 20.1. The van der Waals surface area contributed by atoms with Crippen molar-refractivity contribution in [3.8, 4) is 11.5 Å². The van der Waals surface area contributed by atoms with E-state index >= 15 is 0 Å². The molecule has 0 radical (unpaired) electrons. The molecule has 0 unspecified atom stereocenters. The normalized spacial score (nSPS) is 11.6. The number of ether oxygens (including phenoxy) is 2. The molecule has 0 saturated carbocycles. The Morgan fingerprint density at radius 2 is 2.00 bits per heavy atom. The number of nitrogens with one attached hydrogen (secondary N) is 1. The summed E-state index contributed by atoms with van der Waals surface area (Å²) in [7, 11) is 2.82. The number of aliphatic hydroxyl groups excluding tert-OH is 1. The molecule has 0 heterocycles. The van der Waals surface area contributed by atoms with Crippen molar-refractivity contribution in [1.29, 1.82) is 0 Å². The molecular weight excluding hydrogens is 266 g/mol. The predicted molar refractivity (Wildman–Crippen MR) is 70.1 cm³/mol. The Bertz CT molecular complexity index is 488. The molecule has 20 heavy (non-hydrogen) atoms. The number of carboxylic acids is 1. The van der Waals surface area contributed by atoms with Crippen molar-refractivity contribution in [2.45, 2.75) is 12.5 Å². The monoisotopic (exact) mass is 283 g/mol. The van der Waals surface area contributed by atoms with Gasteiger partial charge in [0.05, 0.1) is 19.8 Å². The first-order valence-corrected chi connectivity index (χ1v) is 5.90. The van der Waals surface area contributed by atoms with Crippen LogP contribution in [0.1, 0.15) is 16.8 Å². The van der Waals surface area contributed by atoms with Crippen molar-refractivity contribution in [3.05, 3.63) is 23.8 Å². The molecule has 1 rings (SSSR count). The second kappa shape index (κ2) is 7.34. The fourth-order valence-electron chi connectivity index (χ4n) is 1.69. The van der Waals surface area contributed by atoms with Gasteiger partial charge in [0, 0.05) is 13.0 Å². The Morgan fingerprint density at radius 1 is 1.30 bits per heavy atom. The number of hydrogen-bond donors (Lipinski definition) is 3. The van der Waals surface area contributed by atoms with E-state index in [1.54, 1.807) is 12.1 Å². The Hall–Kier alpha value is -2.28. The van der Waals surface area contributed by atoms with E-state index in [2.05, 4.69) is 5.32 Å². The van der Waals surface area contributed by atoms with Crippen LogP contribution in [-0.4, -0.2) is 49.0 Å². The predicted octanol–water partition coefficient (Wildman–Crippen LogP) is 0.269. The first kappa shape index (κ1) is 15.8. The molecule has 0 spiro atoms. The number of para-hydroxylation sites is 1. The van der Waals surface area contributed by atoms with Gasteiger partial charge in [0.25, 0.3) is 5.91 Å². The molecule has 7 heteroatoms. The van der Waals surface area contributed by atoms with Crippen LogP contribution in [0.2, 0.25) is 0 Å². The first-order valence-electron chi connectivity index (χ1n) is 5.90. The van der Waals surface area contributed by atoms with Crippen molar-refractivity contribution in [3.63, 3.8) is 0 Å². The van der Waals surface area contributed by atoms with Gasteiger partial charge in [-0.1, -0.05) is 6.07 Å². The van der Waals surface area contributed by atoms with E-state index in [4.69, 9.17) is 19.7 Å². The van der Waals surface area contributed by atoms with Gasteiger partial charge in [-0.3, -0.25) is 4.79 Å². The summed E-state index contributed by atoms with van der Waals surface area (Å²) < 4.78 is 10.2. The Morgan fingerprint density at radius 3 is 2.50 bits per heavy atom. The molecule has 0 fully saturated rings. The van der Waals surface area contributed by atoms with E-state index in [1.165, 1.54) is 20.3 Å². The van der Waals surface area contributed by atoms with Crippen LogP contribution in [0, 0.1) is 0 Å². The molecule has 0 bridgehead atoms. The Labute approximate surface area is 116 Å². The zero-order valence-electron chi connectivity index (χ0n) is 11.3. The van der Waals surface area contributed by atoms with Crippen molar-refractivity contribution in [1.82, 2.24) is 5.32 Å². The van der Waals surface area contributed by atoms with Crippen LogP contribution >= 0.6 is 0 Å². The maximum absolute atomic E-state index is 12.1. The average molecular weight is 283 g/mol. The second-order valence-corrected chi connectivity index (χ2v) is 3.92. The van der Waals surface area contributed by atoms with Crippen LogP contribution in [0.5, 0.6) is 11.5 Å². The summed E-state index contributed by atoms with van der Waals surface area (Å²) in [6.07, 6.45) is -0.0760. The Kier molecular flexibility index (Phi) is 5.79. The van der Waals surface area contributed by atoms with Crippen molar-refractivity contribution in [2.24, 2.45) is 0 Å². The van der Waals surface area contributed by atoms with E-state index in [0.29, 0.717) is 5.75 Å². The number of rotatable bonds is 7. The van der Waals surface area contributed by atoms with Gasteiger partial charge in [-0.2, -0.15) is 0 Å². The summed E-state index contributed by atoms with van der Waals surface area (Å²) in [5.41, 5.74) is 0.163. The molecule has 110 valence electrons. The van der Waals surface area contributed by atoms with Gasteiger partial charge in [0.2, 0.25) is 0 Å². The third kappa shape index (κ3) is 3.61. The molecule has 0 saturated heterocycles. The third-order valence-corrected chi connectivity index (χ3v) is 2.67. The largest absolute Gasteiger partial charge is 0.493 e. The van der Waals surface area contributed by atoms with Gasteiger partial charge < -0.3 is 25.0 Å². The molecule has 0 aliphatic rings. The van der Waals surface area contributed by atoms with Gasteiger partial charge in [-0.25, -0.2) is 4.79 Å². The zero-order valence-corrected chi connectivity index (χ0v) is 11.3. The Balaban J connectivity index is 2.99. The van der Waals surface area contributed by atoms with Crippen molar-refractivity contribution < 1.29 is 29.3 Å². The van der Waals surface area contributed by atoms with Gasteiger partial charge in [0.15, 0.2) is 11.5 Å². The zero-order chi connectivity index (χ0) is 15.1. The van der Waals surface area contributed by atoms with Crippen molar-refractivity contribution >= 4 is 11.9 Å². The van der Waals surface area contributed by atoms with Crippen LogP contribution in [0.4, 0.5) is 0 Å². The average Bonchev–Trinajstić information content (AvgIpc) is 2.45. The van der Waals surface area contributed by atoms with Crippen LogP contribution in [-0.2, 0) is 4.79 Å². The van der Waals surface area contributed by atoms with E-state index < -0.39 is 17.9 Å². The molecule has 1 amide bonds. The lowest BCUT2D eigenvalue weighted by Gasteiger charge is -2.16. The van der Waals surface area contributed by atoms with Crippen LogP contribution in [0.3, 0.4) is 0 Å². The minimum atomic E-state index is -1.21. The summed E-state index contributed by atoms with van der Waals surface area (Å²) in [5.74, 6) is -1.23. The number of hydrogen-bond acceptors (Lipinski definition) is 5. The number of aliphatic hydroxyl groups is 1. The molecule has 7 nitrogen and oxygen atoms in total. The first-order chi connectivity index (χ1) is 9.54. The molecule has 3 N–H and O–H groups in total. The standard InChI is InChI=1S/C13H17NO6/c1-19-10-5-3-4-8(11(10)20-2)12(16)14-9(6-7-15)13(17)18/h3-5,9,15H,6-7H2,1-2H3,(H,14,16)(H,17,18)/t9-/m1/s1. The minimum absolute atomic E-state index is 0.0760. The summed E-state index contributed by atoms with van der Waals surface area (Å²) >= 11 is 0. The van der Waals surface area contributed by atoms with E-state index in [-0.39, 0.29) is 24.3 Å². The SMILES string of the molecule is COc1cccc(C(=O)N[C@H](CCO)C(=O)O)c1OC. The molecule has 1 aromatic carbocycles. The number of carbonyl (C=O) groups excluding carboxylic acids is 1. The molecule has 0 aromatic heterocycles. The summed E-state index contributed by atoms with van der Waals surface area (Å²) in [4.78, 5) is 23.0. The van der Waals surface area contributed by atoms with Gasteiger partial charge in [0.1, 0.15) is 6.04 Å². The smallest absolute Gasteiger partial charge is 0.326 e. The number of methoxy groups -OCH3 is 2. The number of carboxylic acid groups (broad SMARTS) is 1. The number of amides is 1. The number of aliphatic carboxylic acids is 1. The van der Waals surface area contributed by atoms with E-state index in [1.807, 2.05) is 0 Å². The van der Waals surface area contributed by atoms with Gasteiger partial charge in [-0.05, 0) is 12.1 Å². The van der Waals surface area contributed by atoms with Crippen LogP contribution in [0.15, 0.2) is 18.2 Å². The highest BCUT2D eigenvalue weighted by molar-refractivity contribution is 5.99. The summed E-state index contributed by atoms with van der Waals surface area (Å²) in [6.45, 7) is -0.341. The van der Waals surface area contributed by atoms with Crippen molar-refractivity contribution in [2.75, 3.05) is 20.8 Å². The molecule has 1 atom stereocenters. The lowest BCUT2D eigenvalue weighted by Crippen LogP contribution is -2.41. The quantitative estimate of drug-likeness (QED) is 0.663. The van der Waals surface area contributed by atoms with Crippen LogP contribution in [0.25, 0.3) is 0 Å². The van der Waals surface area contributed by atoms with Gasteiger partial charge >= 0.3 is 5.97 Å². The van der Waals surface area contributed by atoms with E-state index in [9.17, 15) is 9.59 Å². The van der Waals surface area contributed by atoms with Gasteiger partial charge in [-0.15, -0.1) is 0 Å². The second-order valence-electron chi connectivity index (χ2n) is 3.92. The molecular formula is C13H17NO6. The highest BCUT2D eigenvalue weighted by Crippen LogP contribution is 2.30. The molecule has 0 aliphatic carbocycles. The topological polar surface area (TPSA) is 105 Å². The van der Waals surface area contributed by atoms with Crippen LogP contribution < -0.4 is 14.8 Å². The highest BCUT2D eigenvalue weighted by atomic mass is 16.5. The lowest BCUT2D eigenvalue weighted by molar-refractivity contribution is -0.139.